The summed E-state index contributed by atoms with van der Waals surface area (Å²) in [6, 6.07) is 0.00454. The molecule has 0 aromatic carbocycles. The Morgan fingerprint density at radius 2 is 2.11 bits per heavy atom. The fourth-order valence-electron chi connectivity index (χ4n) is 2.14. The van der Waals surface area contributed by atoms with E-state index in [1.54, 1.807) is 16.7 Å². The number of aromatic nitrogens is 2. The van der Waals surface area contributed by atoms with Crippen LogP contribution in [0, 0.1) is 6.92 Å². The Kier molecular flexibility index (Phi) is 3.82. The molecular weight excluding hydrogens is 252 g/mol. The number of anilines is 1. The molecule has 0 saturated carbocycles. The molecule has 1 aromatic heterocycles. The second-order valence-corrected chi connectivity index (χ2v) is 6.57. The van der Waals surface area contributed by atoms with Gasteiger partial charge in [-0.3, -0.25) is 0 Å². The van der Waals surface area contributed by atoms with Gasteiger partial charge in [0.15, 0.2) is 0 Å². The maximum absolute atomic E-state index is 11.6. The molecule has 6 nitrogen and oxygen atoms in total. The molecule has 0 amide bonds. The number of aryl methyl sites for hydroxylation is 1. The summed E-state index contributed by atoms with van der Waals surface area (Å²) in [5.41, 5.74) is 0.999. The van der Waals surface area contributed by atoms with Crippen molar-refractivity contribution in [3.8, 4) is 0 Å². The quantitative estimate of drug-likeness (QED) is 0.868. The Labute approximate surface area is 107 Å². The molecule has 0 bridgehead atoms. The van der Waals surface area contributed by atoms with Crippen molar-refractivity contribution in [1.29, 1.82) is 0 Å². The molecule has 1 aromatic rings. The summed E-state index contributed by atoms with van der Waals surface area (Å²) in [5, 5.41) is 3.09. The van der Waals surface area contributed by atoms with E-state index in [9.17, 15) is 8.42 Å². The molecule has 1 atom stereocenters. The molecule has 18 heavy (non-hydrogen) atoms. The molecule has 0 radical (unpaired) electrons. The molecule has 0 aliphatic carbocycles. The highest BCUT2D eigenvalue weighted by molar-refractivity contribution is 7.88. The molecule has 2 heterocycles. The smallest absolute Gasteiger partial charge is 0.222 e. The van der Waals surface area contributed by atoms with Crippen LogP contribution in [-0.4, -0.2) is 48.1 Å². The van der Waals surface area contributed by atoms with Crippen molar-refractivity contribution in [3.63, 3.8) is 0 Å². The van der Waals surface area contributed by atoms with Crippen molar-refractivity contribution < 1.29 is 8.42 Å². The van der Waals surface area contributed by atoms with Gasteiger partial charge in [0.2, 0.25) is 16.0 Å². The van der Waals surface area contributed by atoms with Crippen LogP contribution < -0.4 is 5.32 Å². The van der Waals surface area contributed by atoms with Gasteiger partial charge in [-0.15, -0.1) is 0 Å². The third-order valence-corrected chi connectivity index (χ3v) is 4.36. The third kappa shape index (κ3) is 3.17. The van der Waals surface area contributed by atoms with Crippen LogP contribution in [0.5, 0.6) is 0 Å². The van der Waals surface area contributed by atoms with E-state index in [2.05, 4.69) is 15.3 Å². The van der Waals surface area contributed by atoms with Gasteiger partial charge >= 0.3 is 0 Å². The van der Waals surface area contributed by atoms with Crippen LogP contribution in [0.15, 0.2) is 12.4 Å². The number of hydrogen-bond donors (Lipinski definition) is 1. The number of sulfonamides is 1. The highest BCUT2D eigenvalue weighted by Crippen LogP contribution is 2.20. The standard InChI is InChI=1S/C11H18N4O2S/c1-9-6-12-11(13-7-9)14-8-10-4-3-5-15(10)18(2,16)17/h6-7,10H,3-5,8H2,1-2H3,(H,12,13,14)/t10-/m0/s1. The van der Waals surface area contributed by atoms with Crippen LogP contribution in [0.2, 0.25) is 0 Å². The molecule has 7 heteroatoms. The van der Waals surface area contributed by atoms with Crippen molar-refractivity contribution in [2.45, 2.75) is 25.8 Å². The topological polar surface area (TPSA) is 75.2 Å². The van der Waals surface area contributed by atoms with Gasteiger partial charge in [0.1, 0.15) is 0 Å². The van der Waals surface area contributed by atoms with E-state index in [0.29, 0.717) is 19.0 Å². The van der Waals surface area contributed by atoms with Gasteiger partial charge in [-0.1, -0.05) is 0 Å². The summed E-state index contributed by atoms with van der Waals surface area (Å²) >= 11 is 0. The van der Waals surface area contributed by atoms with Gasteiger partial charge in [-0.2, -0.15) is 4.31 Å². The largest absolute Gasteiger partial charge is 0.353 e. The van der Waals surface area contributed by atoms with Gasteiger partial charge in [0, 0.05) is 31.5 Å². The minimum absolute atomic E-state index is 0.00454. The maximum atomic E-state index is 11.6. The lowest BCUT2D eigenvalue weighted by Crippen LogP contribution is -2.39. The molecule has 2 rings (SSSR count). The SMILES string of the molecule is Cc1cnc(NC[C@@H]2CCCN2S(C)(=O)=O)nc1. The summed E-state index contributed by atoms with van der Waals surface area (Å²) in [6.45, 7) is 3.09. The fourth-order valence-corrected chi connectivity index (χ4v) is 3.33. The predicted octanol–water partition coefficient (Wildman–Crippen LogP) is 0.621. The fraction of sp³-hybridized carbons (Fsp3) is 0.636. The van der Waals surface area contributed by atoms with Crippen molar-refractivity contribution in [3.05, 3.63) is 18.0 Å². The van der Waals surface area contributed by atoms with Gasteiger partial charge in [-0.25, -0.2) is 18.4 Å². The summed E-state index contributed by atoms with van der Waals surface area (Å²) in [4.78, 5) is 8.27. The summed E-state index contributed by atoms with van der Waals surface area (Å²) in [7, 11) is -3.11. The molecular formula is C11H18N4O2S. The average Bonchev–Trinajstić information content (AvgIpc) is 2.76. The molecule has 1 saturated heterocycles. The van der Waals surface area contributed by atoms with Crippen LogP contribution >= 0.6 is 0 Å². The van der Waals surface area contributed by atoms with E-state index in [1.165, 1.54) is 6.26 Å². The van der Waals surface area contributed by atoms with Crippen LogP contribution in [-0.2, 0) is 10.0 Å². The van der Waals surface area contributed by atoms with E-state index in [4.69, 9.17) is 0 Å². The first-order chi connectivity index (χ1) is 8.47. The minimum atomic E-state index is -3.11. The monoisotopic (exact) mass is 270 g/mol. The first kappa shape index (κ1) is 13.2. The number of nitrogens with one attached hydrogen (secondary N) is 1. The van der Waals surface area contributed by atoms with Gasteiger partial charge in [-0.05, 0) is 25.3 Å². The Morgan fingerprint density at radius 3 is 2.72 bits per heavy atom. The van der Waals surface area contributed by atoms with Crippen LogP contribution in [0.1, 0.15) is 18.4 Å². The number of hydrogen-bond acceptors (Lipinski definition) is 5. The molecule has 0 unspecified atom stereocenters. The molecule has 100 valence electrons. The summed E-state index contributed by atoms with van der Waals surface area (Å²) in [6.07, 6.45) is 6.52. The predicted molar refractivity (Wildman–Crippen MR) is 69.8 cm³/mol. The van der Waals surface area contributed by atoms with Crippen molar-refractivity contribution in [2.24, 2.45) is 0 Å². The minimum Gasteiger partial charge on any atom is -0.353 e. The van der Waals surface area contributed by atoms with E-state index < -0.39 is 10.0 Å². The Bertz CT molecular complexity index is 500. The zero-order valence-corrected chi connectivity index (χ0v) is 11.4. The Morgan fingerprint density at radius 1 is 1.44 bits per heavy atom. The lowest BCUT2D eigenvalue weighted by Gasteiger charge is -2.22. The van der Waals surface area contributed by atoms with Crippen LogP contribution in [0.25, 0.3) is 0 Å². The van der Waals surface area contributed by atoms with Crippen molar-refractivity contribution in [1.82, 2.24) is 14.3 Å². The molecule has 1 N–H and O–H groups in total. The second-order valence-electron chi connectivity index (χ2n) is 4.63. The lowest BCUT2D eigenvalue weighted by atomic mass is 10.2. The molecule has 1 aliphatic heterocycles. The van der Waals surface area contributed by atoms with E-state index in [-0.39, 0.29) is 6.04 Å². The van der Waals surface area contributed by atoms with E-state index >= 15 is 0 Å². The van der Waals surface area contributed by atoms with Crippen molar-refractivity contribution >= 4 is 16.0 Å². The highest BCUT2D eigenvalue weighted by atomic mass is 32.2. The van der Waals surface area contributed by atoms with Crippen molar-refractivity contribution in [2.75, 3.05) is 24.7 Å². The first-order valence-corrected chi connectivity index (χ1v) is 7.81. The summed E-state index contributed by atoms with van der Waals surface area (Å²) in [5.74, 6) is 0.543. The zero-order chi connectivity index (χ0) is 13.2. The van der Waals surface area contributed by atoms with Crippen LogP contribution in [0.3, 0.4) is 0 Å². The summed E-state index contributed by atoms with van der Waals surface area (Å²) < 4.78 is 24.7. The lowest BCUT2D eigenvalue weighted by molar-refractivity contribution is 0.402. The van der Waals surface area contributed by atoms with E-state index in [1.807, 2.05) is 6.92 Å². The molecule has 0 spiro atoms. The Hall–Kier alpha value is -1.21. The van der Waals surface area contributed by atoms with Crippen LogP contribution in [0.4, 0.5) is 5.95 Å². The maximum Gasteiger partial charge on any atom is 0.222 e. The van der Waals surface area contributed by atoms with Gasteiger partial charge < -0.3 is 5.32 Å². The molecule has 1 fully saturated rings. The normalized spacial score (nSPS) is 21.1. The zero-order valence-electron chi connectivity index (χ0n) is 10.6. The van der Waals surface area contributed by atoms with E-state index in [0.717, 1.165) is 18.4 Å². The van der Waals surface area contributed by atoms with Gasteiger partial charge in [0.25, 0.3) is 0 Å². The average molecular weight is 270 g/mol. The number of rotatable bonds is 4. The molecule has 1 aliphatic rings. The highest BCUT2D eigenvalue weighted by Gasteiger charge is 2.31. The first-order valence-electron chi connectivity index (χ1n) is 5.96. The second kappa shape index (κ2) is 5.19. The van der Waals surface area contributed by atoms with Gasteiger partial charge in [0.05, 0.1) is 6.26 Å². The third-order valence-electron chi connectivity index (χ3n) is 3.03. The Balaban J connectivity index is 1.96. The number of nitrogens with zero attached hydrogens (tertiary/aromatic N) is 3.